The summed E-state index contributed by atoms with van der Waals surface area (Å²) in [5, 5.41) is 8.21. The van der Waals surface area contributed by atoms with Gasteiger partial charge in [-0.2, -0.15) is 5.10 Å². The molecule has 37 heavy (non-hydrogen) atoms. The number of hydrazone groups is 1. The zero-order valence-corrected chi connectivity index (χ0v) is 21.3. The summed E-state index contributed by atoms with van der Waals surface area (Å²) in [6, 6.07) is 24.4. The highest BCUT2D eigenvalue weighted by molar-refractivity contribution is 9.10. The van der Waals surface area contributed by atoms with Gasteiger partial charge in [0.2, 0.25) is 0 Å². The average Bonchev–Trinajstić information content (AvgIpc) is 2.91. The second-order valence-corrected chi connectivity index (χ2v) is 8.62. The molecular formula is C28H22BrN3O5. The fourth-order valence-electron chi connectivity index (χ4n) is 3.45. The molecule has 0 fully saturated rings. The first-order chi connectivity index (χ1) is 17.9. The molecule has 2 amide bonds. The average molecular weight is 560 g/mol. The van der Waals surface area contributed by atoms with E-state index in [1.54, 1.807) is 54.6 Å². The van der Waals surface area contributed by atoms with E-state index in [9.17, 15) is 14.4 Å². The number of carbonyl (C=O) groups excluding carboxylic acids is 3. The minimum atomic E-state index is -0.952. The number of carbonyl (C=O) groups is 3. The summed E-state index contributed by atoms with van der Waals surface area (Å²) in [4.78, 5) is 37.3. The van der Waals surface area contributed by atoms with Crippen LogP contribution in [0.15, 0.2) is 94.5 Å². The minimum Gasteiger partial charge on any atom is -0.494 e. The first-order valence-electron chi connectivity index (χ1n) is 11.3. The van der Waals surface area contributed by atoms with Crippen LogP contribution in [0.25, 0.3) is 10.8 Å². The standard InChI is InChI=1S/C28H22BrN3O5/c1-2-36-22-13-10-19(11-14-22)28(35)37-25-15-12-21(29)16-20(25)17-30-32-27(34)26(33)31-24-9-5-7-18-6-3-4-8-23(18)24/h3-17H,2H2,1H3,(H,31,33)(H,32,34)/b30-17-. The summed E-state index contributed by atoms with van der Waals surface area (Å²) in [6.45, 7) is 2.39. The molecule has 0 bridgehead atoms. The second kappa shape index (κ2) is 12.0. The Hall–Kier alpha value is -4.50. The predicted octanol–water partition coefficient (Wildman–Crippen LogP) is 5.31. The number of hydrogen-bond donors (Lipinski definition) is 2. The van der Waals surface area contributed by atoms with E-state index in [4.69, 9.17) is 9.47 Å². The van der Waals surface area contributed by atoms with E-state index in [2.05, 4.69) is 31.8 Å². The highest BCUT2D eigenvalue weighted by Crippen LogP contribution is 2.24. The van der Waals surface area contributed by atoms with Crippen LogP contribution in [0.1, 0.15) is 22.8 Å². The van der Waals surface area contributed by atoms with Crippen LogP contribution < -0.4 is 20.2 Å². The Morgan fingerprint density at radius 1 is 0.919 bits per heavy atom. The van der Waals surface area contributed by atoms with E-state index in [1.807, 2.05) is 37.3 Å². The van der Waals surface area contributed by atoms with Gasteiger partial charge in [0.05, 0.1) is 18.4 Å². The lowest BCUT2D eigenvalue weighted by molar-refractivity contribution is -0.136. The lowest BCUT2D eigenvalue weighted by Gasteiger charge is -2.09. The van der Waals surface area contributed by atoms with Crippen molar-refractivity contribution in [2.45, 2.75) is 6.92 Å². The molecule has 0 aliphatic carbocycles. The van der Waals surface area contributed by atoms with Crippen LogP contribution in [-0.4, -0.2) is 30.6 Å². The van der Waals surface area contributed by atoms with E-state index in [0.717, 1.165) is 10.8 Å². The van der Waals surface area contributed by atoms with Crippen molar-refractivity contribution < 1.29 is 23.9 Å². The van der Waals surface area contributed by atoms with Crippen LogP contribution in [0.4, 0.5) is 5.69 Å². The van der Waals surface area contributed by atoms with Crippen molar-refractivity contribution >= 4 is 56.4 Å². The molecule has 0 saturated heterocycles. The predicted molar refractivity (Wildman–Crippen MR) is 145 cm³/mol. The number of nitrogens with zero attached hydrogens (tertiary/aromatic N) is 1. The quantitative estimate of drug-likeness (QED) is 0.105. The van der Waals surface area contributed by atoms with Crippen molar-refractivity contribution in [2.75, 3.05) is 11.9 Å². The number of rotatable bonds is 7. The van der Waals surface area contributed by atoms with Crippen molar-refractivity contribution in [3.63, 3.8) is 0 Å². The number of esters is 1. The van der Waals surface area contributed by atoms with Crippen molar-refractivity contribution in [1.82, 2.24) is 5.43 Å². The van der Waals surface area contributed by atoms with Gasteiger partial charge < -0.3 is 14.8 Å². The molecule has 0 unspecified atom stereocenters. The molecule has 0 aliphatic heterocycles. The van der Waals surface area contributed by atoms with Crippen LogP contribution in [0.3, 0.4) is 0 Å². The van der Waals surface area contributed by atoms with E-state index in [-0.39, 0.29) is 5.75 Å². The summed E-state index contributed by atoms with van der Waals surface area (Å²) < 4.78 is 11.6. The first-order valence-corrected chi connectivity index (χ1v) is 12.1. The Morgan fingerprint density at radius 3 is 2.46 bits per heavy atom. The fraction of sp³-hybridized carbons (Fsp3) is 0.0714. The molecule has 4 aromatic carbocycles. The zero-order chi connectivity index (χ0) is 26.2. The van der Waals surface area contributed by atoms with Crippen molar-refractivity contribution in [3.8, 4) is 11.5 Å². The smallest absolute Gasteiger partial charge is 0.343 e. The van der Waals surface area contributed by atoms with Gasteiger partial charge in [0.1, 0.15) is 11.5 Å². The molecule has 0 saturated carbocycles. The number of ether oxygens (including phenoxy) is 2. The van der Waals surface area contributed by atoms with Crippen molar-refractivity contribution in [3.05, 3.63) is 101 Å². The third kappa shape index (κ3) is 6.59. The maximum absolute atomic E-state index is 12.6. The zero-order valence-electron chi connectivity index (χ0n) is 19.7. The minimum absolute atomic E-state index is 0.222. The largest absolute Gasteiger partial charge is 0.494 e. The van der Waals surface area contributed by atoms with Gasteiger partial charge in [0, 0.05) is 21.1 Å². The molecule has 9 heteroatoms. The Labute approximate surface area is 221 Å². The number of halogens is 1. The fourth-order valence-corrected chi connectivity index (χ4v) is 3.83. The highest BCUT2D eigenvalue weighted by atomic mass is 79.9. The number of anilines is 1. The van der Waals surface area contributed by atoms with Crippen molar-refractivity contribution in [2.24, 2.45) is 5.10 Å². The van der Waals surface area contributed by atoms with Gasteiger partial charge in [-0.15, -0.1) is 0 Å². The van der Waals surface area contributed by atoms with E-state index < -0.39 is 17.8 Å². The normalized spacial score (nSPS) is 10.8. The number of fused-ring (bicyclic) bond motifs is 1. The van der Waals surface area contributed by atoms with E-state index in [1.165, 1.54) is 6.21 Å². The summed E-state index contributed by atoms with van der Waals surface area (Å²) in [5.74, 6) is -1.52. The summed E-state index contributed by atoms with van der Waals surface area (Å²) in [6.07, 6.45) is 1.29. The number of nitrogens with one attached hydrogen (secondary N) is 2. The van der Waals surface area contributed by atoms with E-state index >= 15 is 0 Å². The molecule has 0 spiro atoms. The molecule has 0 atom stereocenters. The molecule has 0 radical (unpaired) electrons. The van der Waals surface area contributed by atoms with Crippen LogP contribution in [0, 0.1) is 0 Å². The summed E-state index contributed by atoms with van der Waals surface area (Å²) in [5.41, 5.74) is 3.46. The molecule has 0 heterocycles. The Balaban J connectivity index is 1.41. The Morgan fingerprint density at radius 2 is 1.68 bits per heavy atom. The molecule has 2 N–H and O–H groups in total. The van der Waals surface area contributed by atoms with Crippen LogP contribution in [0.2, 0.25) is 0 Å². The summed E-state index contributed by atoms with van der Waals surface area (Å²) >= 11 is 3.36. The molecule has 4 aromatic rings. The number of benzene rings is 4. The highest BCUT2D eigenvalue weighted by Gasteiger charge is 2.15. The van der Waals surface area contributed by atoms with Gasteiger partial charge in [-0.1, -0.05) is 52.3 Å². The molecule has 8 nitrogen and oxygen atoms in total. The maximum atomic E-state index is 12.6. The lowest BCUT2D eigenvalue weighted by Crippen LogP contribution is -2.32. The lowest BCUT2D eigenvalue weighted by atomic mass is 10.1. The second-order valence-electron chi connectivity index (χ2n) is 7.71. The van der Waals surface area contributed by atoms with Gasteiger partial charge >= 0.3 is 17.8 Å². The molecule has 0 aromatic heterocycles. The van der Waals surface area contributed by atoms with Crippen LogP contribution >= 0.6 is 15.9 Å². The van der Waals surface area contributed by atoms with Gasteiger partial charge in [0.25, 0.3) is 0 Å². The maximum Gasteiger partial charge on any atom is 0.343 e. The number of amides is 2. The van der Waals surface area contributed by atoms with E-state index in [0.29, 0.717) is 33.6 Å². The van der Waals surface area contributed by atoms with Gasteiger partial charge in [-0.25, -0.2) is 10.2 Å². The third-order valence-corrected chi connectivity index (χ3v) is 5.68. The molecule has 4 rings (SSSR count). The topological polar surface area (TPSA) is 106 Å². The Bertz CT molecular complexity index is 1480. The first kappa shape index (κ1) is 25.6. The number of hydrogen-bond acceptors (Lipinski definition) is 6. The van der Waals surface area contributed by atoms with Gasteiger partial charge in [0.15, 0.2) is 0 Å². The monoisotopic (exact) mass is 559 g/mol. The third-order valence-electron chi connectivity index (χ3n) is 5.19. The Kier molecular flexibility index (Phi) is 8.27. The van der Waals surface area contributed by atoms with Crippen LogP contribution in [0.5, 0.6) is 11.5 Å². The molecular weight excluding hydrogens is 538 g/mol. The van der Waals surface area contributed by atoms with Crippen molar-refractivity contribution in [1.29, 1.82) is 0 Å². The van der Waals surface area contributed by atoms with Gasteiger partial charge in [-0.3, -0.25) is 9.59 Å². The summed E-state index contributed by atoms with van der Waals surface area (Å²) in [7, 11) is 0. The molecule has 0 aliphatic rings. The SMILES string of the molecule is CCOc1ccc(C(=O)Oc2ccc(Br)cc2/C=N\NC(=O)C(=O)Nc2cccc3ccccc23)cc1. The van der Waals surface area contributed by atoms with Gasteiger partial charge in [-0.05, 0) is 60.8 Å². The van der Waals surface area contributed by atoms with Crippen LogP contribution in [-0.2, 0) is 9.59 Å². The molecule has 186 valence electrons.